The first-order valence-corrected chi connectivity index (χ1v) is 12.5. The fraction of sp³-hybridized carbons (Fsp3) is 0.440. The van der Waals surface area contributed by atoms with E-state index in [0.29, 0.717) is 56.8 Å². The number of benzene rings is 1. The van der Waals surface area contributed by atoms with Crippen molar-refractivity contribution >= 4 is 39.1 Å². The van der Waals surface area contributed by atoms with Crippen LogP contribution in [0.4, 0.5) is 5.69 Å². The molecule has 0 atom stereocenters. The lowest BCUT2D eigenvalue weighted by molar-refractivity contribution is -0.133. The number of H-pyrrole nitrogens is 1. The van der Waals surface area contributed by atoms with E-state index in [1.54, 1.807) is 0 Å². The molecule has 0 spiro atoms. The highest BCUT2D eigenvalue weighted by Crippen LogP contribution is 2.25. The van der Waals surface area contributed by atoms with Crippen LogP contribution in [-0.4, -0.2) is 64.3 Å². The topological polar surface area (TPSA) is 98.4 Å². The summed E-state index contributed by atoms with van der Waals surface area (Å²) in [5.74, 6) is 0.558. The highest BCUT2D eigenvalue weighted by Gasteiger charge is 2.23. The van der Waals surface area contributed by atoms with Crippen molar-refractivity contribution in [3.05, 3.63) is 56.4 Å². The number of aromatic nitrogens is 2. The number of aromatic amines is 1. The predicted molar refractivity (Wildman–Crippen MR) is 136 cm³/mol. The molecule has 0 unspecified atom stereocenters. The quantitative estimate of drug-likeness (QED) is 0.541. The summed E-state index contributed by atoms with van der Waals surface area (Å²) in [6, 6.07) is 7.84. The molecule has 0 saturated carbocycles. The molecule has 1 saturated heterocycles. The Morgan fingerprint density at radius 2 is 1.88 bits per heavy atom. The Bertz CT molecular complexity index is 1260. The fourth-order valence-corrected chi connectivity index (χ4v) is 5.35. The summed E-state index contributed by atoms with van der Waals surface area (Å²) in [5, 5.41) is 3.66. The third-order valence-electron chi connectivity index (χ3n) is 6.43. The smallest absolute Gasteiger partial charge is 0.259 e. The van der Waals surface area contributed by atoms with E-state index in [0.717, 1.165) is 32.9 Å². The molecule has 0 aliphatic carbocycles. The molecule has 1 fully saturated rings. The lowest BCUT2D eigenvalue weighted by atomic mass is 10.1. The lowest BCUT2D eigenvalue weighted by Crippen LogP contribution is -2.50. The molecule has 1 aliphatic heterocycles. The van der Waals surface area contributed by atoms with Crippen molar-refractivity contribution in [2.75, 3.05) is 38.0 Å². The third kappa shape index (κ3) is 5.37. The van der Waals surface area contributed by atoms with E-state index in [9.17, 15) is 14.4 Å². The van der Waals surface area contributed by atoms with Gasteiger partial charge in [0.05, 0.1) is 11.9 Å². The Morgan fingerprint density at radius 3 is 2.62 bits per heavy atom. The molecule has 8 nitrogen and oxygen atoms in total. The van der Waals surface area contributed by atoms with Gasteiger partial charge >= 0.3 is 0 Å². The van der Waals surface area contributed by atoms with Gasteiger partial charge in [0.1, 0.15) is 10.7 Å². The van der Waals surface area contributed by atoms with E-state index in [1.165, 1.54) is 11.3 Å². The Labute approximate surface area is 203 Å². The molecule has 1 aromatic carbocycles. The molecule has 180 valence electrons. The first-order chi connectivity index (χ1) is 16.4. The number of nitrogens with one attached hydrogen (secondary N) is 2. The number of para-hydroxylation sites is 1. The van der Waals surface area contributed by atoms with Gasteiger partial charge < -0.3 is 15.2 Å². The standard InChI is InChI=1S/C25H31N5O3S/c1-4-18-7-5-6-8-19(18)26-21(31)15-29-11-13-30(14-12-29)22(32)10-9-20-27-24(33)23-16(2)17(3)34-25(23)28-20/h5-8H,4,9-15H2,1-3H3,(H,26,31)(H,27,28,33). The van der Waals surface area contributed by atoms with Crippen molar-refractivity contribution in [1.82, 2.24) is 19.8 Å². The van der Waals surface area contributed by atoms with E-state index < -0.39 is 0 Å². The average Bonchev–Trinajstić information content (AvgIpc) is 3.11. The number of thiophene rings is 1. The minimum Gasteiger partial charge on any atom is -0.340 e. The van der Waals surface area contributed by atoms with Gasteiger partial charge in [-0.2, -0.15) is 0 Å². The summed E-state index contributed by atoms with van der Waals surface area (Å²) < 4.78 is 0. The summed E-state index contributed by atoms with van der Waals surface area (Å²) in [6.07, 6.45) is 1.56. The number of aryl methyl sites for hydroxylation is 4. The summed E-state index contributed by atoms with van der Waals surface area (Å²) in [5.41, 5.74) is 2.81. The van der Waals surface area contributed by atoms with Crippen LogP contribution in [0.25, 0.3) is 10.2 Å². The average molecular weight is 482 g/mol. The first kappa shape index (κ1) is 24.1. The van der Waals surface area contributed by atoms with E-state index in [-0.39, 0.29) is 17.4 Å². The van der Waals surface area contributed by atoms with Crippen LogP contribution in [0.1, 0.15) is 35.2 Å². The van der Waals surface area contributed by atoms with E-state index in [1.807, 2.05) is 43.0 Å². The highest BCUT2D eigenvalue weighted by atomic mass is 32.1. The largest absolute Gasteiger partial charge is 0.340 e. The molecule has 0 bridgehead atoms. The Balaban J connectivity index is 1.25. The zero-order chi connectivity index (χ0) is 24.2. The number of nitrogens with zero attached hydrogens (tertiary/aromatic N) is 3. The second-order valence-electron chi connectivity index (χ2n) is 8.69. The van der Waals surface area contributed by atoms with Crippen LogP contribution in [0.5, 0.6) is 0 Å². The Morgan fingerprint density at radius 1 is 1.15 bits per heavy atom. The van der Waals surface area contributed by atoms with Gasteiger partial charge in [0, 0.05) is 49.6 Å². The van der Waals surface area contributed by atoms with Crippen LogP contribution >= 0.6 is 11.3 Å². The van der Waals surface area contributed by atoms with Crippen molar-refractivity contribution < 1.29 is 9.59 Å². The molecule has 0 radical (unpaired) electrons. The number of amides is 2. The number of anilines is 1. The van der Waals surface area contributed by atoms with Crippen LogP contribution in [0.2, 0.25) is 0 Å². The SMILES string of the molecule is CCc1ccccc1NC(=O)CN1CCN(C(=O)CCc2nc3sc(C)c(C)c3c(=O)[nH]2)CC1. The van der Waals surface area contributed by atoms with Crippen molar-refractivity contribution in [2.24, 2.45) is 0 Å². The molecule has 2 aromatic heterocycles. The van der Waals surface area contributed by atoms with Gasteiger partial charge in [0.2, 0.25) is 11.8 Å². The molecule has 3 heterocycles. The number of carbonyl (C=O) groups excluding carboxylic acids is 2. The Kier molecular flexibility index (Phi) is 7.43. The van der Waals surface area contributed by atoms with Gasteiger partial charge in [-0.15, -0.1) is 11.3 Å². The number of rotatable bonds is 7. The van der Waals surface area contributed by atoms with Crippen LogP contribution in [0, 0.1) is 13.8 Å². The van der Waals surface area contributed by atoms with E-state index >= 15 is 0 Å². The van der Waals surface area contributed by atoms with Crippen molar-refractivity contribution in [2.45, 2.75) is 40.0 Å². The van der Waals surface area contributed by atoms with Gasteiger partial charge in [0.15, 0.2) is 0 Å². The maximum Gasteiger partial charge on any atom is 0.259 e. The Hall–Kier alpha value is -3.04. The minimum absolute atomic E-state index is 0.0369. The zero-order valence-electron chi connectivity index (χ0n) is 19.9. The van der Waals surface area contributed by atoms with Crippen molar-refractivity contribution in [3.63, 3.8) is 0 Å². The highest BCUT2D eigenvalue weighted by molar-refractivity contribution is 7.18. The monoisotopic (exact) mass is 481 g/mol. The van der Waals surface area contributed by atoms with E-state index in [4.69, 9.17) is 0 Å². The summed E-state index contributed by atoms with van der Waals surface area (Å²) >= 11 is 1.51. The zero-order valence-corrected chi connectivity index (χ0v) is 20.8. The molecule has 4 rings (SSSR count). The maximum atomic E-state index is 12.7. The summed E-state index contributed by atoms with van der Waals surface area (Å²) in [7, 11) is 0. The molecule has 2 amide bonds. The number of piperazine rings is 1. The van der Waals surface area contributed by atoms with Gasteiger partial charge in [-0.25, -0.2) is 4.98 Å². The number of fused-ring (bicyclic) bond motifs is 1. The molecule has 9 heteroatoms. The third-order valence-corrected chi connectivity index (χ3v) is 7.53. The maximum absolute atomic E-state index is 12.7. The molecule has 3 aromatic rings. The van der Waals surface area contributed by atoms with Crippen molar-refractivity contribution in [1.29, 1.82) is 0 Å². The lowest BCUT2D eigenvalue weighted by Gasteiger charge is -2.34. The van der Waals surface area contributed by atoms with Gasteiger partial charge in [-0.1, -0.05) is 25.1 Å². The minimum atomic E-state index is -0.136. The molecule has 2 N–H and O–H groups in total. The summed E-state index contributed by atoms with van der Waals surface area (Å²) in [4.78, 5) is 50.8. The second-order valence-corrected chi connectivity index (χ2v) is 9.90. The second kappa shape index (κ2) is 10.5. The van der Waals surface area contributed by atoms with E-state index in [2.05, 4.69) is 27.1 Å². The van der Waals surface area contributed by atoms with Crippen LogP contribution in [0.3, 0.4) is 0 Å². The van der Waals surface area contributed by atoms with Crippen LogP contribution in [-0.2, 0) is 22.4 Å². The number of hydrogen-bond acceptors (Lipinski definition) is 6. The van der Waals surface area contributed by atoms with Gasteiger partial charge in [0.25, 0.3) is 5.56 Å². The molecule has 1 aliphatic rings. The molecular weight excluding hydrogens is 450 g/mol. The van der Waals surface area contributed by atoms with Gasteiger partial charge in [-0.05, 0) is 37.5 Å². The fourth-order valence-electron chi connectivity index (χ4n) is 4.30. The van der Waals surface area contributed by atoms with Crippen LogP contribution in [0.15, 0.2) is 29.1 Å². The number of carbonyl (C=O) groups is 2. The first-order valence-electron chi connectivity index (χ1n) is 11.7. The van der Waals surface area contributed by atoms with Crippen LogP contribution < -0.4 is 10.9 Å². The normalized spacial score (nSPS) is 14.5. The summed E-state index contributed by atoms with van der Waals surface area (Å²) in [6.45, 7) is 8.78. The number of hydrogen-bond donors (Lipinski definition) is 2. The molecule has 34 heavy (non-hydrogen) atoms. The predicted octanol–water partition coefficient (Wildman–Crippen LogP) is 2.88. The van der Waals surface area contributed by atoms with Gasteiger partial charge in [-0.3, -0.25) is 19.3 Å². The van der Waals surface area contributed by atoms with Crippen molar-refractivity contribution in [3.8, 4) is 0 Å². The molecular formula is C25H31N5O3S.